The second kappa shape index (κ2) is 8.54. The van der Waals surface area contributed by atoms with Crippen molar-refractivity contribution in [1.82, 2.24) is 4.90 Å². The highest BCUT2D eigenvalue weighted by Gasteiger charge is 2.32. The lowest BCUT2D eigenvalue weighted by Gasteiger charge is -2.12. The number of benzene rings is 2. The molecule has 0 atom stereocenters. The Hall–Kier alpha value is -2.38. The van der Waals surface area contributed by atoms with Crippen LogP contribution in [-0.4, -0.2) is 35.6 Å². The number of carbonyl (C=O) groups is 2. The van der Waals surface area contributed by atoms with E-state index in [1.165, 1.54) is 18.9 Å². The molecule has 1 aliphatic heterocycles. The van der Waals surface area contributed by atoms with E-state index >= 15 is 0 Å². The van der Waals surface area contributed by atoms with Crippen LogP contribution < -0.4 is 0 Å². The summed E-state index contributed by atoms with van der Waals surface area (Å²) in [5, 5.41) is 0.589. The Morgan fingerprint density at radius 3 is 2.74 bits per heavy atom. The molecule has 5 nitrogen and oxygen atoms in total. The number of esters is 1. The van der Waals surface area contributed by atoms with Gasteiger partial charge in [-0.05, 0) is 60.7 Å². The number of hydrogen-bond donors (Lipinski definition) is 0. The van der Waals surface area contributed by atoms with E-state index in [1.807, 2.05) is 37.3 Å². The van der Waals surface area contributed by atoms with Crippen LogP contribution in [0.25, 0.3) is 6.08 Å². The van der Waals surface area contributed by atoms with E-state index in [-0.39, 0.29) is 5.91 Å². The zero-order chi connectivity index (χ0) is 19.4. The molecule has 0 spiro atoms. The second-order valence-corrected chi connectivity index (χ2v) is 7.58. The van der Waals surface area contributed by atoms with Gasteiger partial charge in [-0.25, -0.2) is 9.79 Å². The molecule has 1 aliphatic rings. The number of halogens is 1. The molecule has 2 aromatic carbocycles. The Labute approximate surface area is 170 Å². The molecule has 1 heterocycles. The van der Waals surface area contributed by atoms with E-state index in [4.69, 9.17) is 4.74 Å². The summed E-state index contributed by atoms with van der Waals surface area (Å²) in [7, 11) is 1.34. The van der Waals surface area contributed by atoms with E-state index in [9.17, 15) is 9.59 Å². The number of ether oxygens (including phenoxy) is 1. The monoisotopic (exact) mass is 444 g/mol. The van der Waals surface area contributed by atoms with Gasteiger partial charge in [0.2, 0.25) is 0 Å². The van der Waals surface area contributed by atoms with Gasteiger partial charge in [0.15, 0.2) is 5.17 Å². The van der Waals surface area contributed by atoms with Gasteiger partial charge < -0.3 is 4.74 Å². The maximum Gasteiger partial charge on any atom is 0.337 e. The third kappa shape index (κ3) is 4.48. The van der Waals surface area contributed by atoms with Gasteiger partial charge in [-0.3, -0.25) is 9.69 Å². The summed E-state index contributed by atoms with van der Waals surface area (Å²) < 4.78 is 5.70. The molecule has 1 fully saturated rings. The Morgan fingerprint density at radius 2 is 2.04 bits per heavy atom. The summed E-state index contributed by atoms with van der Waals surface area (Å²) in [6.45, 7) is 2.41. The van der Waals surface area contributed by atoms with Crippen molar-refractivity contribution in [2.75, 3.05) is 13.7 Å². The van der Waals surface area contributed by atoms with Gasteiger partial charge in [-0.2, -0.15) is 0 Å². The van der Waals surface area contributed by atoms with E-state index < -0.39 is 5.97 Å². The van der Waals surface area contributed by atoms with E-state index in [0.717, 1.165) is 10.0 Å². The maximum atomic E-state index is 12.7. The molecule has 0 aliphatic carbocycles. The molecule has 1 saturated heterocycles. The van der Waals surface area contributed by atoms with Crippen LogP contribution in [0.15, 0.2) is 62.9 Å². The van der Waals surface area contributed by atoms with Crippen LogP contribution in [0.4, 0.5) is 5.69 Å². The average molecular weight is 445 g/mol. The van der Waals surface area contributed by atoms with Crippen molar-refractivity contribution in [2.24, 2.45) is 4.99 Å². The fourth-order valence-corrected chi connectivity index (χ4v) is 4.03. The minimum absolute atomic E-state index is 0.0784. The van der Waals surface area contributed by atoms with Crippen LogP contribution in [0.1, 0.15) is 22.8 Å². The number of rotatable bonds is 4. The molecule has 2 aromatic rings. The van der Waals surface area contributed by atoms with E-state index in [1.54, 1.807) is 29.2 Å². The number of likely N-dealkylation sites (N-methyl/N-ethyl adjacent to an activating group) is 1. The van der Waals surface area contributed by atoms with E-state index in [0.29, 0.717) is 27.9 Å². The van der Waals surface area contributed by atoms with Crippen molar-refractivity contribution in [3.05, 3.63) is 69.0 Å². The van der Waals surface area contributed by atoms with Gasteiger partial charge in [0.1, 0.15) is 0 Å². The Kier molecular flexibility index (Phi) is 6.13. The fourth-order valence-electron chi connectivity index (χ4n) is 2.55. The summed E-state index contributed by atoms with van der Waals surface area (Å²) >= 11 is 4.76. The minimum Gasteiger partial charge on any atom is -0.465 e. The molecule has 7 heteroatoms. The summed E-state index contributed by atoms with van der Waals surface area (Å²) in [4.78, 5) is 31.2. The highest BCUT2D eigenvalue weighted by Crippen LogP contribution is 2.34. The number of carbonyl (C=O) groups excluding carboxylic acids is 2. The molecule has 138 valence electrons. The van der Waals surface area contributed by atoms with Crippen LogP contribution in [-0.2, 0) is 9.53 Å². The zero-order valence-electron chi connectivity index (χ0n) is 14.8. The summed E-state index contributed by atoms with van der Waals surface area (Å²) in [6, 6.07) is 14.6. The predicted molar refractivity (Wildman–Crippen MR) is 112 cm³/mol. The number of thioether (sulfide) groups is 1. The minimum atomic E-state index is -0.421. The molecule has 0 unspecified atom stereocenters. The molecule has 0 radical (unpaired) electrons. The van der Waals surface area contributed by atoms with Crippen molar-refractivity contribution >= 4 is 56.5 Å². The molecule has 0 saturated carbocycles. The third-order valence-electron chi connectivity index (χ3n) is 3.84. The van der Waals surface area contributed by atoms with Crippen LogP contribution in [0.2, 0.25) is 0 Å². The number of methoxy groups -OCH3 is 1. The molecule has 27 heavy (non-hydrogen) atoms. The smallest absolute Gasteiger partial charge is 0.337 e. The first-order valence-corrected chi connectivity index (χ1v) is 9.87. The quantitative estimate of drug-likeness (QED) is 0.498. The first kappa shape index (κ1) is 19.4. The lowest BCUT2D eigenvalue weighted by molar-refractivity contribution is -0.122. The van der Waals surface area contributed by atoms with Crippen LogP contribution in [0.3, 0.4) is 0 Å². The molecule has 0 bridgehead atoms. The first-order chi connectivity index (χ1) is 13.0. The number of nitrogens with zero attached hydrogens (tertiary/aromatic N) is 2. The van der Waals surface area contributed by atoms with Crippen molar-refractivity contribution in [3.8, 4) is 0 Å². The van der Waals surface area contributed by atoms with E-state index in [2.05, 4.69) is 20.9 Å². The Balaban J connectivity index is 1.93. The fraction of sp³-hybridized carbons (Fsp3) is 0.150. The summed E-state index contributed by atoms with van der Waals surface area (Å²) in [6.07, 6.45) is 1.85. The molecule has 0 aromatic heterocycles. The van der Waals surface area contributed by atoms with Crippen LogP contribution >= 0.6 is 27.7 Å². The van der Waals surface area contributed by atoms with Gasteiger partial charge in [-0.15, -0.1) is 0 Å². The van der Waals surface area contributed by atoms with Crippen LogP contribution in [0, 0.1) is 0 Å². The highest BCUT2D eigenvalue weighted by molar-refractivity contribution is 9.10. The standard InChI is InChI=1S/C20H17BrN2O3S/c1-3-23-18(24)17(11-13-6-4-8-15(21)10-13)27-20(23)22-16-9-5-7-14(12-16)19(25)26-2/h4-12H,3H2,1-2H3. The Morgan fingerprint density at radius 1 is 1.26 bits per heavy atom. The Bertz CT molecular complexity index is 956. The van der Waals surface area contributed by atoms with Crippen molar-refractivity contribution in [1.29, 1.82) is 0 Å². The van der Waals surface area contributed by atoms with Gasteiger partial charge in [0.25, 0.3) is 5.91 Å². The maximum absolute atomic E-state index is 12.7. The number of aliphatic imine (C=N–C) groups is 1. The van der Waals surface area contributed by atoms with Crippen molar-refractivity contribution in [3.63, 3.8) is 0 Å². The molecular weight excluding hydrogens is 428 g/mol. The number of amides is 1. The average Bonchev–Trinajstić information content (AvgIpc) is 2.95. The summed E-state index contributed by atoms with van der Waals surface area (Å²) in [5.74, 6) is -0.500. The number of hydrogen-bond acceptors (Lipinski definition) is 5. The largest absolute Gasteiger partial charge is 0.465 e. The number of amidine groups is 1. The zero-order valence-corrected chi connectivity index (χ0v) is 17.2. The highest BCUT2D eigenvalue weighted by atomic mass is 79.9. The third-order valence-corrected chi connectivity index (χ3v) is 5.34. The van der Waals surface area contributed by atoms with Gasteiger partial charge in [0, 0.05) is 11.0 Å². The molecular formula is C20H17BrN2O3S. The lowest BCUT2D eigenvalue weighted by Crippen LogP contribution is -2.28. The molecule has 0 N–H and O–H groups in total. The van der Waals surface area contributed by atoms with Gasteiger partial charge >= 0.3 is 5.97 Å². The first-order valence-electron chi connectivity index (χ1n) is 8.26. The topological polar surface area (TPSA) is 59.0 Å². The molecule has 3 rings (SSSR count). The van der Waals surface area contributed by atoms with Crippen molar-refractivity contribution < 1.29 is 14.3 Å². The van der Waals surface area contributed by atoms with Crippen LogP contribution in [0.5, 0.6) is 0 Å². The van der Waals surface area contributed by atoms with Gasteiger partial charge in [-0.1, -0.05) is 34.1 Å². The molecule has 1 amide bonds. The van der Waals surface area contributed by atoms with Crippen molar-refractivity contribution in [2.45, 2.75) is 6.92 Å². The van der Waals surface area contributed by atoms with Gasteiger partial charge in [0.05, 0.1) is 23.3 Å². The predicted octanol–water partition coefficient (Wildman–Crippen LogP) is 4.86. The lowest BCUT2D eigenvalue weighted by atomic mass is 10.2. The second-order valence-electron chi connectivity index (χ2n) is 5.65. The normalized spacial score (nSPS) is 17.0. The summed E-state index contributed by atoms with van der Waals surface area (Å²) in [5.41, 5.74) is 1.95. The SMILES string of the molecule is CCN1C(=O)C(=Cc2cccc(Br)c2)SC1=Nc1cccc(C(=O)OC)c1.